The van der Waals surface area contributed by atoms with Crippen molar-refractivity contribution in [1.29, 1.82) is 0 Å². The molecule has 28 heavy (non-hydrogen) atoms. The van der Waals surface area contributed by atoms with Gasteiger partial charge in [0.15, 0.2) is 0 Å². The van der Waals surface area contributed by atoms with E-state index in [2.05, 4.69) is 13.2 Å². The number of aliphatic hydroxyl groups excluding tert-OH is 2. The van der Waals surface area contributed by atoms with Crippen LogP contribution >= 0.6 is 0 Å². The van der Waals surface area contributed by atoms with Gasteiger partial charge in [0.05, 0.1) is 0 Å². The molecule has 0 saturated heterocycles. The van der Waals surface area contributed by atoms with Crippen LogP contribution in [0.1, 0.15) is 90.9 Å². The summed E-state index contributed by atoms with van der Waals surface area (Å²) in [7, 11) is 0. The Balaban J connectivity index is -0.000000426. The van der Waals surface area contributed by atoms with Crippen molar-refractivity contribution >= 4 is 11.9 Å². The van der Waals surface area contributed by atoms with E-state index in [0.717, 1.165) is 12.8 Å². The molecule has 0 aromatic carbocycles. The molecule has 0 aliphatic carbocycles. The summed E-state index contributed by atoms with van der Waals surface area (Å²) in [4.78, 5) is 19.2. The fourth-order valence-electron chi connectivity index (χ4n) is 1.99. The number of hydrogen-bond acceptors (Lipinski definition) is 4. The third-order valence-corrected chi connectivity index (χ3v) is 3.80. The molecule has 0 fully saturated rings. The highest BCUT2D eigenvalue weighted by atomic mass is 16.4. The largest absolute Gasteiger partial charge is 0.478 e. The standard InChI is InChI=1S/C14H30O2.2C4H6O2/c15-13-11-9-7-5-3-1-2-4-6-8-10-12-14-16;2*1-3(2)4(5)6/h15-16H,1-14H2;2*1H2,2H3,(H,5,6). The molecule has 0 spiro atoms. The Kier molecular flexibility index (Phi) is 28.1. The molecule has 0 radical (unpaired) electrons. The van der Waals surface area contributed by atoms with Crippen LogP contribution in [0.15, 0.2) is 24.3 Å². The van der Waals surface area contributed by atoms with Gasteiger partial charge >= 0.3 is 11.9 Å². The van der Waals surface area contributed by atoms with E-state index in [1.165, 1.54) is 78.1 Å². The fraction of sp³-hybridized carbons (Fsp3) is 0.727. The topological polar surface area (TPSA) is 115 Å². The molecular weight excluding hydrogens is 360 g/mol. The van der Waals surface area contributed by atoms with Gasteiger partial charge in [-0.3, -0.25) is 0 Å². The maximum absolute atomic E-state index is 9.60. The average Bonchev–Trinajstić information content (AvgIpc) is 2.63. The fourth-order valence-corrected chi connectivity index (χ4v) is 1.99. The first kappa shape index (κ1) is 31.0. The Morgan fingerprint density at radius 1 is 0.536 bits per heavy atom. The van der Waals surface area contributed by atoms with Crippen molar-refractivity contribution in [2.24, 2.45) is 0 Å². The van der Waals surface area contributed by atoms with E-state index < -0.39 is 11.9 Å². The lowest BCUT2D eigenvalue weighted by Gasteiger charge is -2.02. The van der Waals surface area contributed by atoms with Gasteiger partial charge in [-0.25, -0.2) is 9.59 Å². The summed E-state index contributed by atoms with van der Waals surface area (Å²) in [5.74, 6) is -1.87. The summed E-state index contributed by atoms with van der Waals surface area (Å²) in [6.45, 7) is 9.91. The van der Waals surface area contributed by atoms with Crippen LogP contribution in [-0.2, 0) is 9.59 Å². The van der Waals surface area contributed by atoms with Crippen molar-refractivity contribution in [3.63, 3.8) is 0 Å². The number of unbranched alkanes of at least 4 members (excludes halogenated alkanes) is 11. The lowest BCUT2D eigenvalue weighted by molar-refractivity contribution is -0.133. The monoisotopic (exact) mass is 402 g/mol. The van der Waals surface area contributed by atoms with Gasteiger partial charge in [0.25, 0.3) is 0 Å². The van der Waals surface area contributed by atoms with Gasteiger partial charge in [-0.15, -0.1) is 0 Å². The van der Waals surface area contributed by atoms with E-state index in [1.54, 1.807) is 0 Å². The lowest BCUT2D eigenvalue weighted by atomic mass is 10.1. The van der Waals surface area contributed by atoms with Crippen molar-refractivity contribution in [3.05, 3.63) is 24.3 Å². The number of carboxylic acids is 2. The molecule has 0 aliphatic heterocycles. The van der Waals surface area contributed by atoms with Crippen molar-refractivity contribution in [1.82, 2.24) is 0 Å². The van der Waals surface area contributed by atoms with E-state index in [9.17, 15) is 9.59 Å². The molecule has 6 heteroatoms. The smallest absolute Gasteiger partial charge is 0.330 e. The Bertz CT molecular complexity index is 342. The van der Waals surface area contributed by atoms with Crippen LogP contribution in [0.3, 0.4) is 0 Å². The minimum atomic E-state index is -0.935. The molecule has 4 N–H and O–H groups in total. The maximum Gasteiger partial charge on any atom is 0.330 e. The minimum Gasteiger partial charge on any atom is -0.478 e. The zero-order valence-electron chi connectivity index (χ0n) is 17.9. The summed E-state index contributed by atoms with van der Waals surface area (Å²) in [5, 5.41) is 33.0. The number of carbonyl (C=O) groups is 2. The zero-order valence-corrected chi connectivity index (χ0v) is 17.9. The molecule has 166 valence electrons. The van der Waals surface area contributed by atoms with Crippen LogP contribution < -0.4 is 0 Å². The molecule has 0 saturated carbocycles. The first-order valence-electron chi connectivity index (χ1n) is 10.2. The molecule has 0 atom stereocenters. The molecule has 0 aromatic heterocycles. The van der Waals surface area contributed by atoms with Crippen LogP contribution in [0.2, 0.25) is 0 Å². The molecule has 0 rings (SSSR count). The van der Waals surface area contributed by atoms with Crippen LogP contribution in [0.5, 0.6) is 0 Å². The van der Waals surface area contributed by atoms with Crippen LogP contribution in [-0.4, -0.2) is 45.6 Å². The molecule has 6 nitrogen and oxygen atoms in total. The normalized spacial score (nSPS) is 9.43. The first-order valence-corrected chi connectivity index (χ1v) is 10.2. The number of aliphatic carboxylic acids is 2. The third kappa shape index (κ3) is 35.4. The number of hydrogen-bond donors (Lipinski definition) is 4. The second-order valence-electron chi connectivity index (χ2n) is 6.86. The number of aliphatic hydroxyl groups is 2. The van der Waals surface area contributed by atoms with E-state index in [1.807, 2.05) is 0 Å². The number of carboxylic acid groups (broad SMARTS) is 2. The van der Waals surface area contributed by atoms with Crippen molar-refractivity contribution < 1.29 is 30.0 Å². The van der Waals surface area contributed by atoms with Crippen LogP contribution in [0.4, 0.5) is 0 Å². The predicted molar refractivity (Wildman–Crippen MR) is 114 cm³/mol. The molecule has 0 aliphatic rings. The first-order chi connectivity index (χ1) is 13.2. The van der Waals surface area contributed by atoms with Gasteiger partial charge in [0.1, 0.15) is 0 Å². The van der Waals surface area contributed by atoms with Gasteiger partial charge in [0.2, 0.25) is 0 Å². The summed E-state index contributed by atoms with van der Waals surface area (Å²) >= 11 is 0. The van der Waals surface area contributed by atoms with Crippen molar-refractivity contribution in [2.75, 3.05) is 13.2 Å². The Labute approximate surface area is 171 Å². The molecule has 0 aromatic rings. The predicted octanol–water partition coefficient (Wildman–Crippen LogP) is 4.95. The highest BCUT2D eigenvalue weighted by molar-refractivity contribution is 5.85. The van der Waals surface area contributed by atoms with E-state index in [0.29, 0.717) is 13.2 Å². The Hall–Kier alpha value is -1.66. The molecule has 0 unspecified atom stereocenters. The van der Waals surface area contributed by atoms with Gasteiger partial charge in [-0.05, 0) is 26.7 Å². The highest BCUT2D eigenvalue weighted by Gasteiger charge is 1.93. The van der Waals surface area contributed by atoms with E-state index in [-0.39, 0.29) is 11.1 Å². The summed E-state index contributed by atoms with van der Waals surface area (Å²) < 4.78 is 0. The second kappa shape index (κ2) is 25.3. The Morgan fingerprint density at radius 2 is 0.679 bits per heavy atom. The van der Waals surface area contributed by atoms with E-state index >= 15 is 0 Å². The lowest BCUT2D eigenvalue weighted by Crippen LogP contribution is -1.92. The summed E-state index contributed by atoms with van der Waals surface area (Å²) in [5.41, 5.74) is 0.352. The van der Waals surface area contributed by atoms with Crippen molar-refractivity contribution in [2.45, 2.75) is 90.9 Å². The van der Waals surface area contributed by atoms with Gasteiger partial charge in [-0.1, -0.05) is 77.4 Å². The van der Waals surface area contributed by atoms with E-state index in [4.69, 9.17) is 20.4 Å². The molecule has 0 heterocycles. The number of rotatable bonds is 15. The minimum absolute atomic E-state index is 0.176. The van der Waals surface area contributed by atoms with Gasteiger partial charge < -0.3 is 20.4 Å². The third-order valence-electron chi connectivity index (χ3n) is 3.80. The zero-order chi connectivity index (χ0) is 22.2. The van der Waals surface area contributed by atoms with Crippen LogP contribution in [0.25, 0.3) is 0 Å². The maximum atomic E-state index is 9.60. The molecule has 0 amide bonds. The average molecular weight is 403 g/mol. The highest BCUT2D eigenvalue weighted by Crippen LogP contribution is 2.11. The van der Waals surface area contributed by atoms with Gasteiger partial charge in [-0.2, -0.15) is 0 Å². The molecular formula is C22H42O6. The SMILES string of the molecule is C=C(C)C(=O)O.C=C(C)C(=O)O.OCCCCCCCCCCCCCCO. The summed E-state index contributed by atoms with van der Waals surface area (Å²) in [6.07, 6.45) is 15.1. The van der Waals surface area contributed by atoms with Crippen LogP contribution in [0, 0.1) is 0 Å². The van der Waals surface area contributed by atoms with Crippen molar-refractivity contribution in [3.8, 4) is 0 Å². The summed E-state index contributed by atoms with van der Waals surface area (Å²) in [6, 6.07) is 0. The molecule has 0 bridgehead atoms. The second-order valence-corrected chi connectivity index (χ2v) is 6.86. The quantitative estimate of drug-likeness (QED) is 0.228. The Morgan fingerprint density at radius 3 is 0.786 bits per heavy atom. The van der Waals surface area contributed by atoms with Gasteiger partial charge in [0, 0.05) is 24.4 Å².